The van der Waals surface area contributed by atoms with E-state index in [1.54, 1.807) is 0 Å². The van der Waals surface area contributed by atoms with E-state index in [-0.39, 0.29) is 32.1 Å². The molecule has 102 valence electrons. The molecule has 0 aliphatic carbocycles. The molecule has 1 fully saturated rings. The van der Waals surface area contributed by atoms with Crippen molar-refractivity contribution in [2.45, 2.75) is 6.04 Å². The van der Waals surface area contributed by atoms with Crippen molar-refractivity contribution in [2.24, 2.45) is 5.73 Å². The Balaban J connectivity index is 2.68. The summed E-state index contributed by atoms with van der Waals surface area (Å²) in [5, 5.41) is 4.82. The summed E-state index contributed by atoms with van der Waals surface area (Å²) in [6, 6.07) is -0.764. The van der Waals surface area contributed by atoms with E-state index in [4.69, 9.17) is 10.5 Å². The van der Waals surface area contributed by atoms with Crippen LogP contribution in [0.4, 0.5) is 0 Å². The van der Waals surface area contributed by atoms with Crippen LogP contribution < -0.4 is 16.4 Å². The highest BCUT2D eigenvalue weighted by Gasteiger charge is 2.35. The Morgan fingerprint density at radius 1 is 1.44 bits per heavy atom. The van der Waals surface area contributed by atoms with Crippen molar-refractivity contribution >= 4 is 17.7 Å². The quantitative estimate of drug-likeness (QED) is 0.468. The molecule has 1 rings (SSSR count). The molecular weight excluding hydrogens is 240 g/mol. The highest BCUT2D eigenvalue weighted by molar-refractivity contribution is 6.35. The first-order valence-electron chi connectivity index (χ1n) is 5.70. The van der Waals surface area contributed by atoms with E-state index in [2.05, 4.69) is 10.6 Å². The highest BCUT2D eigenvalue weighted by atomic mass is 16.5. The molecule has 0 bridgehead atoms. The number of rotatable bonds is 3. The second-order valence-corrected chi connectivity index (χ2v) is 3.75. The van der Waals surface area contributed by atoms with Crippen molar-refractivity contribution in [1.82, 2.24) is 15.5 Å². The lowest BCUT2D eigenvalue weighted by Gasteiger charge is -2.33. The van der Waals surface area contributed by atoms with Gasteiger partial charge in [0.2, 0.25) is 5.91 Å². The summed E-state index contributed by atoms with van der Waals surface area (Å²) in [7, 11) is 1.47. The van der Waals surface area contributed by atoms with Gasteiger partial charge in [0.15, 0.2) is 0 Å². The maximum absolute atomic E-state index is 11.9. The fraction of sp³-hybridized carbons (Fsp3) is 0.700. The van der Waals surface area contributed by atoms with E-state index in [0.717, 1.165) is 0 Å². The van der Waals surface area contributed by atoms with Crippen LogP contribution in [0.5, 0.6) is 0 Å². The molecule has 8 nitrogen and oxygen atoms in total. The van der Waals surface area contributed by atoms with Gasteiger partial charge in [0.1, 0.15) is 6.04 Å². The van der Waals surface area contributed by atoms with Gasteiger partial charge in [-0.15, -0.1) is 0 Å². The van der Waals surface area contributed by atoms with Crippen LogP contribution in [-0.2, 0) is 19.1 Å². The van der Waals surface area contributed by atoms with Gasteiger partial charge in [-0.05, 0) is 0 Å². The topological polar surface area (TPSA) is 114 Å². The minimum absolute atomic E-state index is 0.0928. The number of morpholine rings is 1. The number of nitrogens with zero attached hydrogens (tertiary/aromatic N) is 1. The monoisotopic (exact) mass is 258 g/mol. The van der Waals surface area contributed by atoms with E-state index < -0.39 is 17.9 Å². The average molecular weight is 258 g/mol. The summed E-state index contributed by atoms with van der Waals surface area (Å²) in [5.74, 6) is -1.84. The van der Waals surface area contributed by atoms with Crippen LogP contribution in [-0.4, -0.2) is 68.6 Å². The van der Waals surface area contributed by atoms with Gasteiger partial charge < -0.3 is 26.0 Å². The third-order valence-electron chi connectivity index (χ3n) is 2.56. The van der Waals surface area contributed by atoms with Crippen molar-refractivity contribution in [3.05, 3.63) is 0 Å². The van der Waals surface area contributed by atoms with Crippen molar-refractivity contribution in [3.8, 4) is 0 Å². The normalized spacial score (nSPS) is 19.2. The smallest absolute Gasteiger partial charge is 0.312 e. The molecule has 1 unspecified atom stereocenters. The number of ether oxygens (including phenoxy) is 1. The maximum atomic E-state index is 11.9. The third kappa shape index (κ3) is 3.41. The predicted molar refractivity (Wildman–Crippen MR) is 62.5 cm³/mol. The second-order valence-electron chi connectivity index (χ2n) is 3.75. The second kappa shape index (κ2) is 6.92. The molecular formula is C10H18N4O4. The van der Waals surface area contributed by atoms with Gasteiger partial charge in [-0.2, -0.15) is 0 Å². The van der Waals surface area contributed by atoms with Crippen LogP contribution in [0.15, 0.2) is 0 Å². The summed E-state index contributed by atoms with van der Waals surface area (Å²) in [6.45, 7) is 1.09. The zero-order chi connectivity index (χ0) is 13.5. The van der Waals surface area contributed by atoms with E-state index >= 15 is 0 Å². The van der Waals surface area contributed by atoms with Crippen LogP contribution in [0.25, 0.3) is 0 Å². The highest BCUT2D eigenvalue weighted by Crippen LogP contribution is 2.07. The van der Waals surface area contributed by atoms with Gasteiger partial charge >= 0.3 is 11.8 Å². The van der Waals surface area contributed by atoms with E-state index in [9.17, 15) is 14.4 Å². The zero-order valence-electron chi connectivity index (χ0n) is 10.3. The first kappa shape index (κ1) is 14.4. The van der Waals surface area contributed by atoms with Gasteiger partial charge in [-0.3, -0.25) is 14.4 Å². The summed E-state index contributed by atoms with van der Waals surface area (Å²) in [5.41, 5.74) is 5.23. The molecule has 1 aliphatic heterocycles. The number of amides is 3. The van der Waals surface area contributed by atoms with Crippen molar-refractivity contribution in [2.75, 3.05) is 39.9 Å². The lowest BCUT2D eigenvalue weighted by molar-refractivity contribution is -0.155. The molecule has 0 spiro atoms. The Morgan fingerprint density at radius 3 is 2.78 bits per heavy atom. The van der Waals surface area contributed by atoms with Crippen LogP contribution in [0.3, 0.4) is 0 Å². The van der Waals surface area contributed by atoms with Gasteiger partial charge in [0.25, 0.3) is 0 Å². The lowest BCUT2D eigenvalue weighted by atomic mass is 10.2. The Hall–Kier alpha value is -1.67. The molecule has 0 saturated carbocycles. The molecule has 1 atom stereocenters. The number of carbonyl (C=O) groups is 3. The Kier molecular flexibility index (Phi) is 5.53. The standard InChI is InChI=1S/C10H18N4O4/c1-12-8(15)7-6-18-5-4-14(7)10(17)9(16)13-3-2-11/h7H,2-6,11H2,1H3,(H,12,15)(H,13,16). The molecule has 4 N–H and O–H groups in total. The van der Waals surface area contributed by atoms with Gasteiger partial charge in [-0.1, -0.05) is 0 Å². The third-order valence-corrected chi connectivity index (χ3v) is 2.56. The molecule has 1 heterocycles. The minimum atomic E-state index is -0.764. The van der Waals surface area contributed by atoms with Crippen LogP contribution in [0, 0.1) is 0 Å². The Bertz CT molecular complexity index is 334. The van der Waals surface area contributed by atoms with Gasteiger partial charge in [-0.25, -0.2) is 0 Å². The molecule has 3 amide bonds. The largest absolute Gasteiger partial charge is 0.377 e. The first-order valence-corrected chi connectivity index (χ1v) is 5.70. The number of nitrogens with two attached hydrogens (primary N) is 1. The van der Waals surface area contributed by atoms with Crippen LogP contribution >= 0.6 is 0 Å². The molecule has 18 heavy (non-hydrogen) atoms. The molecule has 0 radical (unpaired) electrons. The average Bonchev–Trinajstić information content (AvgIpc) is 2.43. The van der Waals surface area contributed by atoms with Crippen molar-refractivity contribution < 1.29 is 19.1 Å². The number of carbonyl (C=O) groups excluding carboxylic acids is 3. The van der Waals surface area contributed by atoms with Crippen molar-refractivity contribution in [1.29, 1.82) is 0 Å². The van der Waals surface area contributed by atoms with Gasteiger partial charge in [0.05, 0.1) is 13.2 Å². The van der Waals surface area contributed by atoms with E-state index in [1.165, 1.54) is 11.9 Å². The van der Waals surface area contributed by atoms with Crippen LogP contribution in [0.1, 0.15) is 0 Å². The summed E-state index contributed by atoms with van der Waals surface area (Å²) < 4.78 is 5.14. The molecule has 8 heteroatoms. The fourth-order valence-electron chi connectivity index (χ4n) is 1.62. The molecule has 0 aromatic heterocycles. The maximum Gasteiger partial charge on any atom is 0.312 e. The minimum Gasteiger partial charge on any atom is -0.377 e. The Labute approximate surface area is 105 Å². The SMILES string of the molecule is CNC(=O)C1COCCN1C(=O)C(=O)NCCN. The van der Waals surface area contributed by atoms with Gasteiger partial charge in [0, 0.05) is 26.7 Å². The fourth-order valence-corrected chi connectivity index (χ4v) is 1.62. The number of nitrogens with one attached hydrogen (secondary N) is 2. The van der Waals surface area contributed by atoms with E-state index in [1.807, 2.05) is 0 Å². The van der Waals surface area contributed by atoms with Crippen LogP contribution in [0.2, 0.25) is 0 Å². The summed E-state index contributed by atoms with van der Waals surface area (Å²) in [6.07, 6.45) is 0. The Morgan fingerprint density at radius 2 is 2.17 bits per heavy atom. The molecule has 1 aliphatic rings. The summed E-state index contributed by atoms with van der Waals surface area (Å²) >= 11 is 0. The summed E-state index contributed by atoms with van der Waals surface area (Å²) in [4.78, 5) is 36.2. The number of hydrogen-bond donors (Lipinski definition) is 3. The number of hydrogen-bond acceptors (Lipinski definition) is 5. The predicted octanol–water partition coefficient (Wildman–Crippen LogP) is -2.97. The molecule has 0 aromatic rings. The van der Waals surface area contributed by atoms with E-state index in [0.29, 0.717) is 6.61 Å². The number of likely N-dealkylation sites (N-methyl/N-ethyl adjacent to an activating group) is 1. The van der Waals surface area contributed by atoms with Crippen molar-refractivity contribution in [3.63, 3.8) is 0 Å². The first-order chi connectivity index (χ1) is 8.61. The molecule has 1 saturated heterocycles. The molecule has 0 aromatic carbocycles. The zero-order valence-corrected chi connectivity index (χ0v) is 10.3. The lowest BCUT2D eigenvalue weighted by Crippen LogP contribution is -2.58.